The first-order valence-corrected chi connectivity index (χ1v) is 11.5. The van der Waals surface area contributed by atoms with E-state index in [1.54, 1.807) is 18.7 Å². The highest BCUT2D eigenvalue weighted by Crippen LogP contribution is 2.48. The molecule has 34 heavy (non-hydrogen) atoms. The largest absolute Gasteiger partial charge is 0.467 e. The summed E-state index contributed by atoms with van der Waals surface area (Å²) in [5.41, 5.74) is 4.06. The van der Waals surface area contributed by atoms with E-state index in [1.165, 1.54) is 0 Å². The van der Waals surface area contributed by atoms with Gasteiger partial charge in [-0.2, -0.15) is 0 Å². The van der Waals surface area contributed by atoms with E-state index in [2.05, 4.69) is 29.5 Å². The second-order valence-corrected chi connectivity index (χ2v) is 9.66. The fourth-order valence-corrected chi connectivity index (χ4v) is 4.88. The van der Waals surface area contributed by atoms with Crippen molar-refractivity contribution in [2.24, 2.45) is 5.41 Å². The maximum atomic E-state index is 13.5. The molecule has 7 nitrogen and oxygen atoms in total. The molecule has 1 aliphatic carbocycles. The Balaban J connectivity index is 1.55. The smallest absolute Gasteiger partial charge is 0.239 e. The Morgan fingerprint density at radius 2 is 2.03 bits per heavy atom. The number of amides is 1. The van der Waals surface area contributed by atoms with E-state index in [1.807, 2.05) is 53.4 Å². The van der Waals surface area contributed by atoms with E-state index in [0.717, 1.165) is 29.1 Å². The fraction of sp³-hybridized carbons (Fsp3) is 0.296. The molecular formula is C27H28N4O3. The van der Waals surface area contributed by atoms with Crippen LogP contribution < -0.4 is 15.5 Å². The van der Waals surface area contributed by atoms with Crippen molar-refractivity contribution < 1.29 is 14.0 Å². The van der Waals surface area contributed by atoms with Crippen LogP contribution in [0.2, 0.25) is 0 Å². The van der Waals surface area contributed by atoms with E-state index in [9.17, 15) is 9.59 Å². The Morgan fingerprint density at radius 1 is 1.18 bits per heavy atom. The second kappa shape index (κ2) is 8.82. The topological polar surface area (TPSA) is 87.5 Å². The van der Waals surface area contributed by atoms with E-state index in [4.69, 9.17) is 4.42 Å². The number of benzene rings is 1. The molecule has 2 aromatic heterocycles. The number of hydrogen-bond donors (Lipinski definition) is 2. The highest BCUT2D eigenvalue weighted by Gasteiger charge is 2.42. The summed E-state index contributed by atoms with van der Waals surface area (Å²) in [5, 5.41) is 6.52. The highest BCUT2D eigenvalue weighted by atomic mass is 16.3. The van der Waals surface area contributed by atoms with Crippen LogP contribution >= 0.6 is 0 Å². The van der Waals surface area contributed by atoms with Crippen LogP contribution in [0, 0.1) is 5.41 Å². The number of allylic oxidation sites excluding steroid dienone is 1. The van der Waals surface area contributed by atoms with Gasteiger partial charge in [-0.15, -0.1) is 0 Å². The lowest BCUT2D eigenvalue weighted by Crippen LogP contribution is -2.41. The van der Waals surface area contributed by atoms with Crippen LogP contribution in [0.25, 0.3) is 0 Å². The zero-order valence-corrected chi connectivity index (χ0v) is 19.4. The molecule has 2 aliphatic rings. The molecule has 1 aromatic carbocycles. The van der Waals surface area contributed by atoms with Gasteiger partial charge in [0.05, 0.1) is 24.2 Å². The molecule has 7 heteroatoms. The highest BCUT2D eigenvalue weighted by molar-refractivity contribution is 6.01. The van der Waals surface area contributed by atoms with Crippen LogP contribution in [0.4, 0.5) is 11.4 Å². The Labute approximate surface area is 198 Å². The van der Waals surface area contributed by atoms with Crippen molar-refractivity contribution in [2.75, 3.05) is 16.8 Å². The molecule has 1 aliphatic heterocycles. The number of pyridine rings is 1. The number of fused-ring (bicyclic) bond motifs is 1. The number of hydrogen-bond acceptors (Lipinski definition) is 6. The number of carbonyl (C=O) groups excluding carboxylic acids is 2. The number of furan rings is 1. The maximum absolute atomic E-state index is 13.5. The first-order valence-electron chi connectivity index (χ1n) is 11.5. The summed E-state index contributed by atoms with van der Waals surface area (Å²) < 4.78 is 5.84. The summed E-state index contributed by atoms with van der Waals surface area (Å²) in [6.45, 7) is 4.67. The molecule has 0 saturated carbocycles. The molecule has 3 aromatic rings. The zero-order chi connectivity index (χ0) is 23.7. The molecule has 0 unspecified atom stereocenters. The predicted molar refractivity (Wildman–Crippen MR) is 130 cm³/mol. The van der Waals surface area contributed by atoms with Gasteiger partial charge in [0.15, 0.2) is 5.78 Å². The summed E-state index contributed by atoms with van der Waals surface area (Å²) >= 11 is 0. The average molecular weight is 457 g/mol. The number of nitrogens with one attached hydrogen (secondary N) is 2. The Bertz CT molecular complexity index is 1230. The monoisotopic (exact) mass is 456 g/mol. The molecule has 1 atom stereocenters. The summed E-state index contributed by atoms with van der Waals surface area (Å²) in [6.07, 6.45) is 6.23. The third-order valence-electron chi connectivity index (χ3n) is 6.34. The Hall–Kier alpha value is -3.87. The van der Waals surface area contributed by atoms with Crippen molar-refractivity contribution >= 4 is 23.1 Å². The molecule has 0 fully saturated rings. The van der Waals surface area contributed by atoms with Gasteiger partial charge in [-0.25, -0.2) is 0 Å². The minimum Gasteiger partial charge on any atom is -0.467 e. The summed E-state index contributed by atoms with van der Waals surface area (Å²) in [6, 6.07) is 14.8. The Kier molecular flexibility index (Phi) is 5.69. The van der Waals surface area contributed by atoms with Crippen molar-refractivity contribution in [1.29, 1.82) is 0 Å². The first-order chi connectivity index (χ1) is 16.4. The molecule has 1 amide bonds. The first kappa shape index (κ1) is 21.9. The molecular weight excluding hydrogens is 428 g/mol. The second-order valence-electron chi connectivity index (χ2n) is 9.66. The van der Waals surface area contributed by atoms with E-state index in [-0.39, 0.29) is 23.7 Å². The van der Waals surface area contributed by atoms with Crippen LogP contribution in [0.5, 0.6) is 0 Å². The summed E-state index contributed by atoms with van der Waals surface area (Å²) in [4.78, 5) is 32.7. The van der Waals surface area contributed by atoms with Crippen LogP contribution in [-0.2, 0) is 16.1 Å². The molecule has 0 saturated heterocycles. The molecule has 3 heterocycles. The quantitative estimate of drug-likeness (QED) is 0.583. The number of aromatic nitrogens is 1. The van der Waals surface area contributed by atoms with Gasteiger partial charge in [-0.05, 0) is 47.7 Å². The zero-order valence-electron chi connectivity index (χ0n) is 19.4. The number of Topliss-reactive ketones (excluding diaryl/α,β-unsaturated/α-hetero) is 1. The van der Waals surface area contributed by atoms with Gasteiger partial charge in [-0.3, -0.25) is 14.6 Å². The SMILES string of the molecule is CC1(C)CC(=O)C2=C(C1)Nc1ccccc1N(CC(=O)NCc1cccnc1)[C@H]2c1ccco1. The number of rotatable bonds is 5. The fourth-order valence-electron chi connectivity index (χ4n) is 4.88. The molecule has 0 bridgehead atoms. The summed E-state index contributed by atoms with van der Waals surface area (Å²) in [5.74, 6) is 0.565. The average Bonchev–Trinajstić information content (AvgIpc) is 3.30. The van der Waals surface area contributed by atoms with Crippen LogP contribution in [0.3, 0.4) is 0 Å². The van der Waals surface area contributed by atoms with Crippen molar-refractivity contribution in [3.63, 3.8) is 0 Å². The minimum atomic E-state index is -0.506. The lowest BCUT2D eigenvalue weighted by Gasteiger charge is -2.36. The minimum absolute atomic E-state index is 0.0672. The van der Waals surface area contributed by atoms with Crippen LogP contribution in [-0.4, -0.2) is 23.2 Å². The van der Waals surface area contributed by atoms with E-state index < -0.39 is 6.04 Å². The van der Waals surface area contributed by atoms with Crippen LogP contribution in [0.1, 0.15) is 44.1 Å². The predicted octanol–water partition coefficient (Wildman–Crippen LogP) is 4.61. The number of ketones is 1. The molecule has 174 valence electrons. The lowest BCUT2D eigenvalue weighted by atomic mass is 9.74. The van der Waals surface area contributed by atoms with Gasteiger partial charge < -0.3 is 20.0 Å². The molecule has 2 N–H and O–H groups in total. The number of anilines is 2. The van der Waals surface area contributed by atoms with Gasteiger partial charge in [0, 0.05) is 36.6 Å². The standard InChI is InChI=1S/C27H28N4O3/c1-27(2)13-20-25(22(32)14-27)26(23-10-6-12-34-23)31(21-9-4-3-8-19(21)30-20)17-24(33)29-16-18-7-5-11-28-15-18/h3-12,15,26,30H,13-14,16-17H2,1-2H3,(H,29,33)/t26-/m0/s1. The third kappa shape index (κ3) is 4.33. The van der Waals surface area contributed by atoms with Gasteiger partial charge in [0.1, 0.15) is 11.8 Å². The van der Waals surface area contributed by atoms with Gasteiger partial charge >= 0.3 is 0 Å². The maximum Gasteiger partial charge on any atom is 0.239 e. The van der Waals surface area contributed by atoms with Gasteiger partial charge in [-0.1, -0.05) is 32.0 Å². The summed E-state index contributed by atoms with van der Waals surface area (Å²) in [7, 11) is 0. The lowest BCUT2D eigenvalue weighted by molar-refractivity contribution is -0.121. The van der Waals surface area contributed by atoms with Gasteiger partial charge in [0.2, 0.25) is 5.91 Å². The van der Waals surface area contributed by atoms with Crippen molar-refractivity contribution in [3.05, 3.63) is 89.8 Å². The molecule has 5 rings (SSSR count). The molecule has 0 spiro atoms. The third-order valence-corrected chi connectivity index (χ3v) is 6.34. The van der Waals surface area contributed by atoms with Crippen molar-refractivity contribution in [3.8, 4) is 0 Å². The van der Waals surface area contributed by atoms with E-state index in [0.29, 0.717) is 24.3 Å². The normalized spacial score (nSPS) is 19.1. The number of para-hydroxylation sites is 2. The van der Waals surface area contributed by atoms with Gasteiger partial charge in [0.25, 0.3) is 0 Å². The van der Waals surface area contributed by atoms with Crippen LogP contribution in [0.15, 0.2) is 82.9 Å². The van der Waals surface area contributed by atoms with Crippen molar-refractivity contribution in [1.82, 2.24) is 10.3 Å². The molecule has 0 radical (unpaired) electrons. The number of nitrogens with zero attached hydrogens (tertiary/aromatic N) is 2. The van der Waals surface area contributed by atoms with Crippen molar-refractivity contribution in [2.45, 2.75) is 39.3 Å². The Morgan fingerprint density at radius 3 is 2.79 bits per heavy atom. The number of carbonyl (C=O) groups is 2. The van der Waals surface area contributed by atoms with E-state index >= 15 is 0 Å².